The minimum absolute atomic E-state index is 0.00481. The van der Waals surface area contributed by atoms with E-state index in [9.17, 15) is 18.0 Å². The number of ether oxygens (including phenoxy) is 2. The first-order valence-electron chi connectivity index (χ1n) is 11.2. The number of methoxy groups -OCH3 is 2. The van der Waals surface area contributed by atoms with Crippen molar-refractivity contribution in [3.05, 3.63) is 47.3 Å². The smallest absolute Gasteiger partial charge is 0.416 e. The molecule has 2 heterocycles. The van der Waals surface area contributed by atoms with E-state index in [-0.39, 0.29) is 41.1 Å². The largest absolute Gasteiger partial charge is 0.493 e. The molecule has 192 valence electrons. The molecule has 0 spiro atoms. The van der Waals surface area contributed by atoms with Crippen LogP contribution in [0, 0.1) is 5.82 Å². The third-order valence-electron chi connectivity index (χ3n) is 6.12. The van der Waals surface area contributed by atoms with Crippen molar-refractivity contribution >= 4 is 28.6 Å². The molecule has 1 saturated heterocycles. The molecule has 12 heteroatoms. The van der Waals surface area contributed by atoms with Crippen LogP contribution in [-0.2, 0) is 17.4 Å². The third kappa shape index (κ3) is 5.07. The molecule has 0 radical (unpaired) electrons. The number of hydrogen-bond donors (Lipinski definition) is 1. The first-order valence-corrected chi connectivity index (χ1v) is 11.2. The highest BCUT2D eigenvalue weighted by Crippen LogP contribution is 2.37. The average Bonchev–Trinajstić information content (AvgIpc) is 2.87. The minimum Gasteiger partial charge on any atom is -0.493 e. The van der Waals surface area contributed by atoms with Crippen LogP contribution in [0.4, 0.5) is 29.3 Å². The molecule has 3 aromatic rings. The molecule has 0 unspecified atom stereocenters. The lowest BCUT2D eigenvalue weighted by atomic mass is 10.1. The molecule has 1 amide bonds. The van der Waals surface area contributed by atoms with Crippen molar-refractivity contribution in [2.75, 3.05) is 51.0 Å². The number of carbonyl (C=O) groups excluding carboxylic acids is 1. The van der Waals surface area contributed by atoms with Gasteiger partial charge in [0.15, 0.2) is 17.3 Å². The normalized spacial score (nSPS) is 14.3. The van der Waals surface area contributed by atoms with E-state index in [1.807, 2.05) is 4.90 Å². The second-order valence-electron chi connectivity index (χ2n) is 8.29. The van der Waals surface area contributed by atoms with Crippen molar-refractivity contribution in [2.24, 2.45) is 0 Å². The van der Waals surface area contributed by atoms with Gasteiger partial charge in [-0.1, -0.05) is 12.1 Å². The highest BCUT2D eigenvalue weighted by molar-refractivity contribution is 5.92. The highest BCUT2D eigenvalue weighted by atomic mass is 19.4. The zero-order valence-corrected chi connectivity index (χ0v) is 19.7. The summed E-state index contributed by atoms with van der Waals surface area (Å²) in [5.74, 6) is -0.394. The lowest BCUT2D eigenvalue weighted by Crippen LogP contribution is -2.49. The number of aryl methyl sites for hydroxylation is 1. The number of rotatable bonds is 6. The fraction of sp³-hybridized carbons (Fsp3) is 0.375. The van der Waals surface area contributed by atoms with E-state index in [1.54, 1.807) is 4.90 Å². The Bertz CT molecular complexity index is 1260. The fourth-order valence-corrected chi connectivity index (χ4v) is 4.11. The van der Waals surface area contributed by atoms with Crippen LogP contribution in [0.25, 0.3) is 10.9 Å². The molecular formula is C24H25F4N5O3. The van der Waals surface area contributed by atoms with E-state index >= 15 is 4.39 Å². The van der Waals surface area contributed by atoms with E-state index < -0.39 is 17.6 Å². The van der Waals surface area contributed by atoms with Gasteiger partial charge >= 0.3 is 6.18 Å². The molecule has 36 heavy (non-hydrogen) atoms. The number of nitrogens with zero attached hydrogens (tertiary/aromatic N) is 4. The summed E-state index contributed by atoms with van der Waals surface area (Å²) in [6, 6.07) is 6.33. The van der Waals surface area contributed by atoms with Gasteiger partial charge in [-0.05, 0) is 30.2 Å². The first kappa shape index (κ1) is 25.3. The van der Waals surface area contributed by atoms with Crippen LogP contribution < -0.4 is 20.1 Å². The van der Waals surface area contributed by atoms with Crippen LogP contribution in [0.2, 0.25) is 0 Å². The Labute approximate surface area is 204 Å². The molecule has 0 aliphatic carbocycles. The summed E-state index contributed by atoms with van der Waals surface area (Å²) in [4.78, 5) is 24.8. The van der Waals surface area contributed by atoms with Gasteiger partial charge in [0.1, 0.15) is 11.3 Å². The Balaban J connectivity index is 1.40. The predicted octanol–water partition coefficient (Wildman–Crippen LogP) is 3.67. The second kappa shape index (κ2) is 10.0. The van der Waals surface area contributed by atoms with Gasteiger partial charge in [0, 0.05) is 38.0 Å². The molecule has 2 aromatic carbocycles. The van der Waals surface area contributed by atoms with Gasteiger partial charge in [-0.2, -0.15) is 18.2 Å². The SMILES string of the molecule is COc1cc2c(N)nc(N3CCN(C(=O)CCc4ccc(C(F)(F)F)cc4)CC3)nc2c(F)c1OC. The molecule has 2 N–H and O–H groups in total. The van der Waals surface area contributed by atoms with Crippen LogP contribution in [-0.4, -0.2) is 61.2 Å². The summed E-state index contributed by atoms with van der Waals surface area (Å²) in [7, 11) is 2.71. The number of aromatic nitrogens is 2. The summed E-state index contributed by atoms with van der Waals surface area (Å²) >= 11 is 0. The van der Waals surface area contributed by atoms with Gasteiger partial charge in [-0.15, -0.1) is 0 Å². The molecule has 0 bridgehead atoms. The molecule has 1 aliphatic heterocycles. The van der Waals surface area contributed by atoms with Gasteiger partial charge < -0.3 is 25.0 Å². The number of fused-ring (bicyclic) bond motifs is 1. The van der Waals surface area contributed by atoms with E-state index in [1.165, 1.54) is 32.4 Å². The van der Waals surface area contributed by atoms with Gasteiger partial charge in [0.05, 0.1) is 19.8 Å². The highest BCUT2D eigenvalue weighted by Gasteiger charge is 2.30. The molecule has 1 fully saturated rings. The Morgan fingerprint density at radius 1 is 1.06 bits per heavy atom. The topological polar surface area (TPSA) is 93.8 Å². The number of carbonyl (C=O) groups is 1. The van der Waals surface area contributed by atoms with Crippen LogP contribution in [0.1, 0.15) is 17.5 Å². The summed E-state index contributed by atoms with van der Waals surface area (Å²) in [5.41, 5.74) is 6.03. The molecule has 0 atom stereocenters. The van der Waals surface area contributed by atoms with Crippen molar-refractivity contribution in [1.82, 2.24) is 14.9 Å². The van der Waals surface area contributed by atoms with Crippen LogP contribution in [0.5, 0.6) is 11.5 Å². The lowest BCUT2D eigenvalue weighted by Gasteiger charge is -2.35. The van der Waals surface area contributed by atoms with Gasteiger partial charge in [-0.3, -0.25) is 4.79 Å². The molecule has 1 aromatic heterocycles. The Kier molecular flexibility index (Phi) is 7.04. The number of anilines is 2. The first-order chi connectivity index (χ1) is 17.1. The van der Waals surface area contributed by atoms with E-state index in [0.717, 1.165) is 12.1 Å². The van der Waals surface area contributed by atoms with Gasteiger partial charge in [0.2, 0.25) is 11.9 Å². The maximum atomic E-state index is 15.0. The number of halogens is 4. The summed E-state index contributed by atoms with van der Waals surface area (Å²) in [6.45, 7) is 1.60. The zero-order valence-electron chi connectivity index (χ0n) is 19.7. The van der Waals surface area contributed by atoms with E-state index in [4.69, 9.17) is 15.2 Å². The third-order valence-corrected chi connectivity index (χ3v) is 6.12. The number of nitrogen functional groups attached to an aromatic ring is 1. The monoisotopic (exact) mass is 507 g/mol. The van der Waals surface area contributed by atoms with E-state index in [0.29, 0.717) is 43.5 Å². The Morgan fingerprint density at radius 2 is 1.72 bits per heavy atom. The number of nitrogens with two attached hydrogens (primary N) is 1. The van der Waals surface area contributed by atoms with Crippen molar-refractivity contribution in [2.45, 2.75) is 19.0 Å². The summed E-state index contributed by atoms with van der Waals surface area (Å²) in [6.07, 6.45) is -3.87. The van der Waals surface area contributed by atoms with Crippen LogP contribution in [0.15, 0.2) is 30.3 Å². The number of benzene rings is 2. The van der Waals surface area contributed by atoms with Gasteiger partial charge in [0.25, 0.3) is 0 Å². The fourth-order valence-electron chi connectivity index (χ4n) is 4.11. The minimum atomic E-state index is -4.39. The number of hydrogen-bond acceptors (Lipinski definition) is 7. The van der Waals surface area contributed by atoms with Crippen molar-refractivity contribution < 1.29 is 31.8 Å². The molecule has 8 nitrogen and oxygen atoms in total. The van der Waals surface area contributed by atoms with Crippen molar-refractivity contribution in [1.29, 1.82) is 0 Å². The van der Waals surface area contributed by atoms with Crippen LogP contribution >= 0.6 is 0 Å². The molecule has 1 aliphatic rings. The average molecular weight is 507 g/mol. The number of amides is 1. The molecule has 0 saturated carbocycles. The Hall–Kier alpha value is -3.83. The predicted molar refractivity (Wildman–Crippen MR) is 126 cm³/mol. The maximum absolute atomic E-state index is 15.0. The van der Waals surface area contributed by atoms with Gasteiger partial charge in [-0.25, -0.2) is 9.37 Å². The quantitative estimate of drug-likeness (QED) is 0.509. The Morgan fingerprint density at radius 3 is 2.31 bits per heavy atom. The number of alkyl halides is 3. The standard InChI is InChI=1S/C24H25F4N5O3/c1-35-17-13-16-20(19(25)21(17)36-2)30-23(31-22(16)29)33-11-9-32(10-12-33)18(34)8-5-14-3-6-15(7-4-14)24(26,27)28/h3-4,6-7,13H,5,8-12H2,1-2H3,(H2,29,30,31). The lowest BCUT2D eigenvalue weighted by molar-refractivity contribution is -0.137. The van der Waals surface area contributed by atoms with Crippen molar-refractivity contribution in [3.8, 4) is 11.5 Å². The molecule has 4 rings (SSSR count). The van der Waals surface area contributed by atoms with Crippen molar-refractivity contribution in [3.63, 3.8) is 0 Å². The van der Waals surface area contributed by atoms with Crippen LogP contribution in [0.3, 0.4) is 0 Å². The molecular weight excluding hydrogens is 482 g/mol. The summed E-state index contributed by atoms with van der Waals surface area (Å²) < 4.78 is 63.4. The summed E-state index contributed by atoms with van der Waals surface area (Å²) in [5, 5.41) is 0.297. The second-order valence-corrected chi connectivity index (χ2v) is 8.29. The van der Waals surface area contributed by atoms with E-state index in [2.05, 4.69) is 9.97 Å². The maximum Gasteiger partial charge on any atom is 0.416 e. The number of piperazine rings is 1. The zero-order chi connectivity index (χ0) is 26.0.